The van der Waals surface area contributed by atoms with Crippen LogP contribution in [0, 0.1) is 5.92 Å². The third kappa shape index (κ3) is 3.85. The Labute approximate surface area is 184 Å². The van der Waals surface area contributed by atoms with E-state index in [0.717, 1.165) is 17.8 Å². The molecule has 2 aliphatic heterocycles. The van der Waals surface area contributed by atoms with Crippen molar-refractivity contribution < 1.29 is 22.7 Å². The first-order valence-corrected chi connectivity index (χ1v) is 10.4. The standard InChI is InChI=1S/C24H24F3N3O2/c1-14(2)20-19-21(29-12-11-28-20)23(31)30(17-7-9-18(32-3)10-8-17)22(19)15-5-4-6-16(13-15)24(25,26)27/h4-10,13-14,22,28H,11-12H2,1-3H3. The molecule has 4 rings (SSSR count). The van der Waals surface area contributed by atoms with E-state index in [1.807, 2.05) is 13.8 Å². The number of carbonyl (C=O) groups is 1. The Morgan fingerprint density at radius 3 is 2.50 bits per heavy atom. The quantitative estimate of drug-likeness (QED) is 0.742. The molecule has 2 aromatic rings. The second-order valence-electron chi connectivity index (χ2n) is 8.04. The third-order valence-electron chi connectivity index (χ3n) is 5.65. The molecular formula is C24H24F3N3O2. The summed E-state index contributed by atoms with van der Waals surface area (Å²) in [5, 5.41) is 3.35. The van der Waals surface area contributed by atoms with Gasteiger partial charge in [-0.15, -0.1) is 0 Å². The summed E-state index contributed by atoms with van der Waals surface area (Å²) in [7, 11) is 1.54. The van der Waals surface area contributed by atoms with Gasteiger partial charge in [-0.05, 0) is 47.9 Å². The van der Waals surface area contributed by atoms with Gasteiger partial charge in [-0.3, -0.25) is 14.7 Å². The number of halogens is 3. The minimum Gasteiger partial charge on any atom is -0.497 e. The molecule has 5 nitrogen and oxygen atoms in total. The SMILES string of the molecule is COc1ccc(N2C(=O)C3=NCCNC(C(C)C)=C3C2c2cccc(C(F)(F)F)c2)cc1. The van der Waals surface area contributed by atoms with Crippen LogP contribution >= 0.6 is 0 Å². The molecule has 1 atom stereocenters. The summed E-state index contributed by atoms with van der Waals surface area (Å²) in [4.78, 5) is 19.6. The second-order valence-corrected chi connectivity index (χ2v) is 8.04. The highest BCUT2D eigenvalue weighted by Crippen LogP contribution is 2.44. The number of amides is 1. The first kappa shape index (κ1) is 21.9. The van der Waals surface area contributed by atoms with Crippen molar-refractivity contribution in [3.8, 4) is 5.75 Å². The number of hydrogen-bond donors (Lipinski definition) is 1. The fraction of sp³-hybridized carbons (Fsp3) is 0.333. The smallest absolute Gasteiger partial charge is 0.416 e. The van der Waals surface area contributed by atoms with Crippen LogP contribution in [0.2, 0.25) is 0 Å². The van der Waals surface area contributed by atoms with Gasteiger partial charge in [-0.1, -0.05) is 26.0 Å². The number of alkyl halides is 3. The molecule has 2 aliphatic rings. The Hall–Kier alpha value is -3.29. The van der Waals surface area contributed by atoms with Gasteiger partial charge in [0.05, 0.1) is 25.3 Å². The van der Waals surface area contributed by atoms with Gasteiger partial charge in [0.15, 0.2) is 0 Å². The predicted molar refractivity (Wildman–Crippen MR) is 117 cm³/mol. The van der Waals surface area contributed by atoms with Gasteiger partial charge in [0.2, 0.25) is 0 Å². The highest BCUT2D eigenvalue weighted by molar-refractivity contribution is 6.53. The number of benzene rings is 2. The van der Waals surface area contributed by atoms with Crippen LogP contribution in [0.1, 0.15) is 31.0 Å². The molecule has 0 spiro atoms. The van der Waals surface area contributed by atoms with E-state index in [2.05, 4.69) is 10.3 Å². The van der Waals surface area contributed by atoms with E-state index < -0.39 is 17.8 Å². The van der Waals surface area contributed by atoms with Gasteiger partial charge in [-0.2, -0.15) is 13.2 Å². The van der Waals surface area contributed by atoms with E-state index in [0.29, 0.717) is 41.4 Å². The molecule has 168 valence electrons. The zero-order valence-corrected chi connectivity index (χ0v) is 18.0. The summed E-state index contributed by atoms with van der Waals surface area (Å²) in [5.74, 6) is 0.325. The van der Waals surface area contributed by atoms with Crippen molar-refractivity contribution in [2.75, 3.05) is 25.1 Å². The van der Waals surface area contributed by atoms with Crippen LogP contribution in [-0.2, 0) is 11.0 Å². The topological polar surface area (TPSA) is 53.9 Å². The van der Waals surface area contributed by atoms with Gasteiger partial charge in [0, 0.05) is 23.5 Å². The number of aliphatic imine (C=N–C) groups is 1. The average Bonchev–Trinajstić information content (AvgIpc) is 2.91. The van der Waals surface area contributed by atoms with E-state index in [9.17, 15) is 18.0 Å². The molecule has 0 saturated carbocycles. The molecule has 0 aromatic heterocycles. The lowest BCUT2D eigenvalue weighted by molar-refractivity contribution is -0.137. The molecule has 1 N–H and O–H groups in total. The monoisotopic (exact) mass is 443 g/mol. The van der Waals surface area contributed by atoms with Crippen LogP contribution in [0.5, 0.6) is 5.75 Å². The average molecular weight is 443 g/mol. The Kier molecular flexibility index (Phi) is 5.71. The van der Waals surface area contributed by atoms with E-state index >= 15 is 0 Å². The molecule has 8 heteroatoms. The molecule has 0 aliphatic carbocycles. The van der Waals surface area contributed by atoms with Crippen molar-refractivity contribution in [1.82, 2.24) is 5.32 Å². The molecule has 1 amide bonds. The van der Waals surface area contributed by atoms with Crippen LogP contribution in [0.25, 0.3) is 0 Å². The Balaban J connectivity index is 1.95. The number of allylic oxidation sites excluding steroid dienone is 1. The summed E-state index contributed by atoms with van der Waals surface area (Å²) in [6, 6.07) is 11.3. The number of nitrogens with zero attached hydrogens (tertiary/aromatic N) is 2. The third-order valence-corrected chi connectivity index (χ3v) is 5.65. The summed E-state index contributed by atoms with van der Waals surface area (Å²) in [6.45, 7) is 4.95. The molecule has 1 saturated heterocycles. The zero-order valence-electron chi connectivity index (χ0n) is 18.0. The minimum absolute atomic E-state index is 0.0326. The zero-order chi connectivity index (χ0) is 23.0. The molecule has 0 bridgehead atoms. The normalized spacial score (nSPS) is 19.0. The predicted octanol–water partition coefficient (Wildman–Crippen LogP) is 4.76. The molecule has 1 fully saturated rings. The number of anilines is 1. The first-order chi connectivity index (χ1) is 15.2. The molecule has 1 unspecified atom stereocenters. The number of fused-ring (bicyclic) bond motifs is 1. The summed E-state index contributed by atoms with van der Waals surface area (Å²) in [5.41, 5.74) is 1.95. The van der Waals surface area contributed by atoms with Crippen molar-refractivity contribution in [2.24, 2.45) is 10.9 Å². The van der Waals surface area contributed by atoms with Crippen LogP contribution in [-0.4, -0.2) is 31.8 Å². The highest BCUT2D eigenvalue weighted by atomic mass is 19.4. The number of carbonyl (C=O) groups excluding carboxylic acids is 1. The van der Waals surface area contributed by atoms with Crippen molar-refractivity contribution in [3.05, 3.63) is 70.9 Å². The highest BCUT2D eigenvalue weighted by Gasteiger charge is 2.46. The van der Waals surface area contributed by atoms with Crippen molar-refractivity contribution in [3.63, 3.8) is 0 Å². The summed E-state index contributed by atoms with van der Waals surface area (Å²) in [6.07, 6.45) is -4.49. The van der Waals surface area contributed by atoms with Crippen molar-refractivity contribution in [1.29, 1.82) is 0 Å². The summed E-state index contributed by atoms with van der Waals surface area (Å²) >= 11 is 0. The second kappa shape index (κ2) is 8.33. The molecule has 2 aromatic carbocycles. The van der Waals surface area contributed by atoms with Gasteiger partial charge < -0.3 is 10.1 Å². The number of methoxy groups -OCH3 is 1. The van der Waals surface area contributed by atoms with Crippen molar-refractivity contribution >= 4 is 17.3 Å². The molecule has 32 heavy (non-hydrogen) atoms. The van der Waals surface area contributed by atoms with Crippen LogP contribution in [0.4, 0.5) is 18.9 Å². The molecule has 0 radical (unpaired) electrons. The maximum absolute atomic E-state index is 13.6. The Bertz CT molecular complexity index is 1090. The van der Waals surface area contributed by atoms with E-state index in [1.165, 1.54) is 11.0 Å². The van der Waals surface area contributed by atoms with Gasteiger partial charge >= 0.3 is 6.18 Å². The Morgan fingerprint density at radius 2 is 1.88 bits per heavy atom. The van der Waals surface area contributed by atoms with E-state index in [1.54, 1.807) is 37.4 Å². The molecule has 2 heterocycles. The fourth-order valence-corrected chi connectivity index (χ4v) is 4.21. The number of nitrogens with one attached hydrogen (secondary N) is 1. The minimum atomic E-state index is -4.49. The van der Waals surface area contributed by atoms with Crippen LogP contribution < -0.4 is 15.0 Å². The lowest BCUT2D eigenvalue weighted by atomic mass is 9.91. The maximum atomic E-state index is 13.6. The number of rotatable bonds is 4. The number of ether oxygens (including phenoxy) is 1. The van der Waals surface area contributed by atoms with Gasteiger partial charge in [0.25, 0.3) is 5.91 Å². The van der Waals surface area contributed by atoms with E-state index in [4.69, 9.17) is 4.74 Å². The lowest BCUT2D eigenvalue weighted by Gasteiger charge is -2.28. The fourth-order valence-electron chi connectivity index (χ4n) is 4.21. The van der Waals surface area contributed by atoms with Crippen LogP contribution in [0.3, 0.4) is 0 Å². The lowest BCUT2D eigenvalue weighted by Crippen LogP contribution is -2.30. The summed E-state index contributed by atoms with van der Waals surface area (Å²) < 4.78 is 45.7. The largest absolute Gasteiger partial charge is 0.497 e. The van der Waals surface area contributed by atoms with Crippen LogP contribution in [0.15, 0.2) is 64.8 Å². The maximum Gasteiger partial charge on any atom is 0.416 e. The van der Waals surface area contributed by atoms with Gasteiger partial charge in [-0.25, -0.2) is 0 Å². The van der Waals surface area contributed by atoms with Crippen molar-refractivity contribution in [2.45, 2.75) is 26.1 Å². The first-order valence-electron chi connectivity index (χ1n) is 10.4. The molecular weight excluding hydrogens is 419 g/mol. The van der Waals surface area contributed by atoms with E-state index in [-0.39, 0.29) is 11.8 Å². The number of hydrogen-bond acceptors (Lipinski definition) is 4. The van der Waals surface area contributed by atoms with Gasteiger partial charge in [0.1, 0.15) is 11.5 Å². The Morgan fingerprint density at radius 1 is 1.16 bits per heavy atom.